The van der Waals surface area contributed by atoms with E-state index >= 15 is 0 Å². The number of fused-ring (bicyclic) bond motifs is 1. The number of para-hydroxylation sites is 2. The Kier molecular flexibility index (Phi) is 5.96. The van der Waals surface area contributed by atoms with Crippen molar-refractivity contribution < 1.29 is 32.2 Å². The second kappa shape index (κ2) is 8.72. The summed E-state index contributed by atoms with van der Waals surface area (Å²) >= 11 is 0. The lowest BCUT2D eigenvalue weighted by molar-refractivity contribution is -0.153. The first-order valence-corrected chi connectivity index (χ1v) is 11.6. The van der Waals surface area contributed by atoms with Crippen molar-refractivity contribution >= 4 is 21.8 Å². The SMILES string of the molecule is Cc1cc(C(=O)COC(=O)C2COc3ccccc3O2)c(C)n1-c1ccc(S(N)(=O)=O)cc1. The standard InChI is InChI=1S/C23H22N2O7S/c1-14-11-18(15(2)25(14)16-7-9-17(10-8-16)33(24,28)29)19(26)12-31-23(27)22-13-30-20-5-3-4-6-21(20)32-22/h3-11,22H,12-13H2,1-2H3,(H2,24,28,29). The molecule has 1 atom stereocenters. The molecule has 0 saturated carbocycles. The van der Waals surface area contributed by atoms with Gasteiger partial charge in [0.25, 0.3) is 0 Å². The van der Waals surface area contributed by atoms with Crippen molar-refractivity contribution in [3.05, 3.63) is 71.5 Å². The van der Waals surface area contributed by atoms with E-state index in [4.69, 9.17) is 19.3 Å². The fourth-order valence-corrected chi connectivity index (χ4v) is 4.19. The van der Waals surface area contributed by atoms with Gasteiger partial charge in [-0.15, -0.1) is 0 Å². The zero-order chi connectivity index (χ0) is 23.8. The maximum Gasteiger partial charge on any atom is 0.351 e. The third-order valence-electron chi connectivity index (χ3n) is 5.27. The van der Waals surface area contributed by atoms with Gasteiger partial charge >= 0.3 is 5.97 Å². The van der Waals surface area contributed by atoms with E-state index in [2.05, 4.69) is 0 Å². The maximum atomic E-state index is 12.8. The summed E-state index contributed by atoms with van der Waals surface area (Å²) in [5.74, 6) is -0.0811. The fourth-order valence-electron chi connectivity index (χ4n) is 3.67. The summed E-state index contributed by atoms with van der Waals surface area (Å²) in [6, 6.07) is 14.7. The molecule has 33 heavy (non-hydrogen) atoms. The summed E-state index contributed by atoms with van der Waals surface area (Å²) in [7, 11) is -3.80. The zero-order valence-electron chi connectivity index (χ0n) is 18.0. The number of rotatable bonds is 6. The van der Waals surface area contributed by atoms with E-state index in [1.807, 2.05) is 6.92 Å². The first kappa shape index (κ1) is 22.6. The topological polar surface area (TPSA) is 127 Å². The molecular weight excluding hydrogens is 448 g/mol. The highest BCUT2D eigenvalue weighted by Crippen LogP contribution is 2.31. The van der Waals surface area contributed by atoms with Gasteiger partial charge in [0.15, 0.2) is 18.1 Å². The zero-order valence-corrected chi connectivity index (χ0v) is 18.8. The third-order valence-corrected chi connectivity index (χ3v) is 6.20. The van der Waals surface area contributed by atoms with Crippen LogP contribution in [0.3, 0.4) is 0 Å². The van der Waals surface area contributed by atoms with E-state index < -0.39 is 28.7 Å². The molecule has 1 aliphatic heterocycles. The molecule has 10 heteroatoms. The molecular formula is C23H22N2O7S. The van der Waals surface area contributed by atoms with Crippen molar-refractivity contribution in [2.24, 2.45) is 5.14 Å². The molecule has 0 amide bonds. The number of aromatic nitrogens is 1. The van der Waals surface area contributed by atoms with Gasteiger partial charge in [-0.05, 0) is 56.3 Å². The van der Waals surface area contributed by atoms with Crippen LogP contribution >= 0.6 is 0 Å². The van der Waals surface area contributed by atoms with E-state index in [1.165, 1.54) is 12.1 Å². The molecule has 2 N–H and O–H groups in total. The molecule has 3 aromatic rings. The summed E-state index contributed by atoms with van der Waals surface area (Å²) in [5.41, 5.74) is 2.44. The van der Waals surface area contributed by atoms with Gasteiger partial charge in [-0.1, -0.05) is 12.1 Å². The average molecular weight is 471 g/mol. The Balaban J connectivity index is 1.45. The Morgan fingerprint density at radius 3 is 2.42 bits per heavy atom. The first-order chi connectivity index (χ1) is 15.6. The fraction of sp³-hybridized carbons (Fsp3) is 0.217. The van der Waals surface area contributed by atoms with Crippen molar-refractivity contribution in [1.82, 2.24) is 4.57 Å². The molecule has 2 aromatic carbocycles. The second-order valence-electron chi connectivity index (χ2n) is 7.55. The van der Waals surface area contributed by atoms with Gasteiger partial charge < -0.3 is 18.8 Å². The third kappa shape index (κ3) is 4.62. The number of nitrogens with zero attached hydrogens (tertiary/aromatic N) is 1. The summed E-state index contributed by atoms with van der Waals surface area (Å²) in [6.45, 7) is 3.11. The number of Topliss-reactive ketones (excluding diaryl/α,β-unsaturated/α-hetero) is 1. The highest BCUT2D eigenvalue weighted by atomic mass is 32.2. The molecule has 0 spiro atoms. The quantitative estimate of drug-likeness (QED) is 0.433. The minimum absolute atomic E-state index is 0.00606. The van der Waals surface area contributed by atoms with Gasteiger partial charge in [0, 0.05) is 22.6 Å². The predicted octanol–water partition coefficient (Wildman–Crippen LogP) is 2.31. The number of carbonyl (C=O) groups is 2. The summed E-state index contributed by atoms with van der Waals surface area (Å²) in [6.07, 6.45) is -0.961. The van der Waals surface area contributed by atoms with Crippen LogP contribution < -0.4 is 14.6 Å². The van der Waals surface area contributed by atoms with Gasteiger partial charge in [-0.25, -0.2) is 18.4 Å². The Morgan fingerprint density at radius 1 is 1.09 bits per heavy atom. The minimum atomic E-state index is -3.80. The number of primary sulfonamides is 1. The lowest BCUT2D eigenvalue weighted by Crippen LogP contribution is -2.38. The van der Waals surface area contributed by atoms with Crippen LogP contribution in [0.25, 0.3) is 5.69 Å². The van der Waals surface area contributed by atoms with Gasteiger partial charge in [-0.3, -0.25) is 4.79 Å². The van der Waals surface area contributed by atoms with Crippen molar-refractivity contribution in [3.8, 4) is 17.2 Å². The molecule has 0 radical (unpaired) electrons. The van der Waals surface area contributed by atoms with Crippen LogP contribution in [0.1, 0.15) is 21.7 Å². The Labute approximate surface area is 190 Å². The number of hydrogen-bond donors (Lipinski definition) is 1. The van der Waals surface area contributed by atoms with Gasteiger partial charge in [0.1, 0.15) is 6.61 Å². The molecule has 0 fully saturated rings. The Hall–Kier alpha value is -3.63. The number of carbonyl (C=O) groups excluding carboxylic acids is 2. The van der Waals surface area contributed by atoms with Crippen molar-refractivity contribution in [2.75, 3.05) is 13.2 Å². The van der Waals surface area contributed by atoms with Crippen molar-refractivity contribution in [1.29, 1.82) is 0 Å². The lowest BCUT2D eigenvalue weighted by Gasteiger charge is -2.24. The number of ketones is 1. The largest absolute Gasteiger partial charge is 0.485 e. The van der Waals surface area contributed by atoms with E-state index in [1.54, 1.807) is 54.0 Å². The molecule has 1 aliphatic rings. The van der Waals surface area contributed by atoms with Crippen LogP contribution in [0.4, 0.5) is 0 Å². The van der Waals surface area contributed by atoms with Crippen LogP contribution in [0.2, 0.25) is 0 Å². The highest BCUT2D eigenvalue weighted by molar-refractivity contribution is 7.89. The van der Waals surface area contributed by atoms with E-state index in [0.717, 1.165) is 5.69 Å². The van der Waals surface area contributed by atoms with Crippen LogP contribution in [-0.4, -0.2) is 44.1 Å². The number of aryl methyl sites for hydroxylation is 1. The van der Waals surface area contributed by atoms with Crippen LogP contribution in [0.15, 0.2) is 59.5 Å². The van der Waals surface area contributed by atoms with Crippen molar-refractivity contribution in [2.45, 2.75) is 24.8 Å². The Bertz CT molecular complexity index is 1330. The molecule has 2 heterocycles. The number of hydrogen-bond acceptors (Lipinski definition) is 7. The molecule has 0 aliphatic carbocycles. The Morgan fingerprint density at radius 2 is 1.76 bits per heavy atom. The predicted molar refractivity (Wildman–Crippen MR) is 118 cm³/mol. The smallest absolute Gasteiger partial charge is 0.351 e. The van der Waals surface area contributed by atoms with E-state index in [0.29, 0.717) is 28.4 Å². The lowest BCUT2D eigenvalue weighted by atomic mass is 10.1. The second-order valence-corrected chi connectivity index (χ2v) is 9.12. The average Bonchev–Trinajstić information content (AvgIpc) is 3.10. The summed E-state index contributed by atoms with van der Waals surface area (Å²) in [5, 5.41) is 5.15. The molecule has 0 bridgehead atoms. The van der Waals surface area contributed by atoms with Crippen molar-refractivity contribution in [3.63, 3.8) is 0 Å². The number of esters is 1. The van der Waals surface area contributed by atoms with E-state index in [9.17, 15) is 18.0 Å². The van der Waals surface area contributed by atoms with Crippen LogP contribution in [-0.2, 0) is 19.6 Å². The molecule has 1 aromatic heterocycles. The summed E-state index contributed by atoms with van der Waals surface area (Å²) < 4.78 is 41.1. The van der Waals surface area contributed by atoms with Gasteiger partial charge in [-0.2, -0.15) is 0 Å². The number of ether oxygens (including phenoxy) is 3. The van der Waals surface area contributed by atoms with Gasteiger partial charge in [0.05, 0.1) is 4.90 Å². The monoisotopic (exact) mass is 470 g/mol. The normalized spacial score (nSPS) is 15.2. The maximum absolute atomic E-state index is 12.8. The van der Waals surface area contributed by atoms with Crippen LogP contribution in [0.5, 0.6) is 11.5 Å². The molecule has 0 saturated heterocycles. The number of benzene rings is 2. The van der Waals surface area contributed by atoms with E-state index in [-0.39, 0.29) is 17.3 Å². The molecule has 9 nitrogen and oxygen atoms in total. The number of sulfonamides is 1. The van der Waals surface area contributed by atoms with Crippen LogP contribution in [0, 0.1) is 13.8 Å². The first-order valence-electron chi connectivity index (χ1n) is 10.1. The number of nitrogens with two attached hydrogens (primary N) is 1. The van der Waals surface area contributed by atoms with Gasteiger partial charge in [0.2, 0.25) is 21.9 Å². The molecule has 172 valence electrons. The highest BCUT2D eigenvalue weighted by Gasteiger charge is 2.29. The molecule has 4 rings (SSSR count). The summed E-state index contributed by atoms with van der Waals surface area (Å²) in [4.78, 5) is 25.2. The molecule has 1 unspecified atom stereocenters. The minimum Gasteiger partial charge on any atom is -0.485 e.